The van der Waals surface area contributed by atoms with Crippen LogP contribution in [0, 0.1) is 11.7 Å². The molecule has 1 aromatic rings. The van der Waals surface area contributed by atoms with Crippen LogP contribution in [-0.2, 0) is 0 Å². The maximum absolute atomic E-state index is 13.8. The van der Waals surface area contributed by atoms with Gasteiger partial charge in [0.25, 0.3) is 0 Å². The molecule has 0 spiro atoms. The van der Waals surface area contributed by atoms with Gasteiger partial charge in [0, 0.05) is 12.1 Å². The highest BCUT2D eigenvalue weighted by atomic mass is 19.1. The summed E-state index contributed by atoms with van der Waals surface area (Å²) in [5, 5.41) is 3.81. The Labute approximate surface area is 128 Å². The summed E-state index contributed by atoms with van der Waals surface area (Å²) in [5.74, 6) is 1.24. The van der Waals surface area contributed by atoms with Crippen molar-refractivity contribution in [2.24, 2.45) is 5.92 Å². The van der Waals surface area contributed by atoms with Crippen LogP contribution in [0.25, 0.3) is 0 Å². The van der Waals surface area contributed by atoms with Gasteiger partial charge in [-0.2, -0.15) is 0 Å². The Balaban J connectivity index is 1.47. The number of halogens is 1. The van der Waals surface area contributed by atoms with Crippen molar-refractivity contribution in [3.05, 3.63) is 35.6 Å². The number of hydrogen-bond acceptors (Lipinski definition) is 1. The standard InChI is InChI=1S/C19H28FN/c1-14(15-8-4-2-3-5-9-15)21-17-12-16(13-17)18-10-6-7-11-19(18)20/h6-7,10-11,14-17,21H,2-5,8-9,12-13H2,1H3/t14-,16?,17?/m0/s1. The summed E-state index contributed by atoms with van der Waals surface area (Å²) in [6.07, 6.45) is 10.6. The molecule has 2 fully saturated rings. The van der Waals surface area contributed by atoms with E-state index in [1.807, 2.05) is 12.1 Å². The van der Waals surface area contributed by atoms with Gasteiger partial charge in [0.05, 0.1) is 0 Å². The Kier molecular flexibility index (Phi) is 4.95. The average molecular weight is 289 g/mol. The van der Waals surface area contributed by atoms with E-state index >= 15 is 0 Å². The minimum Gasteiger partial charge on any atom is -0.311 e. The van der Waals surface area contributed by atoms with Crippen LogP contribution in [0.4, 0.5) is 4.39 Å². The molecule has 21 heavy (non-hydrogen) atoms. The Hall–Kier alpha value is -0.890. The van der Waals surface area contributed by atoms with E-state index in [4.69, 9.17) is 0 Å². The Morgan fingerprint density at radius 2 is 1.71 bits per heavy atom. The molecule has 2 aliphatic carbocycles. The summed E-state index contributed by atoms with van der Waals surface area (Å²) in [7, 11) is 0. The predicted octanol–water partition coefficient (Wildman–Crippen LogP) is 5.02. The van der Waals surface area contributed by atoms with Crippen molar-refractivity contribution < 1.29 is 4.39 Å². The van der Waals surface area contributed by atoms with Crippen molar-refractivity contribution in [2.75, 3.05) is 0 Å². The summed E-state index contributed by atoms with van der Waals surface area (Å²) >= 11 is 0. The predicted molar refractivity (Wildman–Crippen MR) is 86.0 cm³/mol. The Bertz CT molecular complexity index is 445. The van der Waals surface area contributed by atoms with Gasteiger partial charge in [-0.3, -0.25) is 0 Å². The number of rotatable bonds is 4. The molecular weight excluding hydrogens is 261 g/mol. The number of benzene rings is 1. The van der Waals surface area contributed by atoms with Gasteiger partial charge >= 0.3 is 0 Å². The van der Waals surface area contributed by atoms with Gasteiger partial charge in [-0.25, -0.2) is 4.39 Å². The SMILES string of the molecule is C[C@H](NC1CC(c2ccccc2F)C1)C1CCCCCC1. The summed E-state index contributed by atoms with van der Waals surface area (Å²) in [4.78, 5) is 0. The first-order valence-electron chi connectivity index (χ1n) is 8.74. The van der Waals surface area contributed by atoms with E-state index in [2.05, 4.69) is 12.2 Å². The van der Waals surface area contributed by atoms with Gasteiger partial charge in [0.15, 0.2) is 0 Å². The quantitative estimate of drug-likeness (QED) is 0.767. The lowest BCUT2D eigenvalue weighted by molar-refractivity contribution is 0.225. The first kappa shape index (κ1) is 15.0. The van der Waals surface area contributed by atoms with E-state index in [1.54, 1.807) is 12.1 Å². The molecule has 0 amide bonds. The molecule has 1 nitrogen and oxygen atoms in total. The zero-order chi connectivity index (χ0) is 14.7. The minimum atomic E-state index is -0.0298. The van der Waals surface area contributed by atoms with Crippen LogP contribution in [0.5, 0.6) is 0 Å². The summed E-state index contributed by atoms with van der Waals surface area (Å²) < 4.78 is 13.8. The van der Waals surface area contributed by atoms with Crippen molar-refractivity contribution in [1.29, 1.82) is 0 Å². The van der Waals surface area contributed by atoms with Gasteiger partial charge in [0.1, 0.15) is 5.82 Å². The molecule has 0 bridgehead atoms. The summed E-state index contributed by atoms with van der Waals surface area (Å²) in [5.41, 5.74) is 0.915. The van der Waals surface area contributed by atoms with Crippen LogP contribution < -0.4 is 5.32 Å². The van der Waals surface area contributed by atoms with E-state index in [0.717, 1.165) is 24.3 Å². The van der Waals surface area contributed by atoms with E-state index in [1.165, 1.54) is 38.5 Å². The molecule has 2 saturated carbocycles. The highest BCUT2D eigenvalue weighted by Crippen LogP contribution is 2.38. The third kappa shape index (κ3) is 3.66. The van der Waals surface area contributed by atoms with E-state index in [9.17, 15) is 4.39 Å². The zero-order valence-corrected chi connectivity index (χ0v) is 13.2. The van der Waals surface area contributed by atoms with Crippen LogP contribution in [-0.4, -0.2) is 12.1 Å². The highest BCUT2D eigenvalue weighted by molar-refractivity contribution is 5.24. The van der Waals surface area contributed by atoms with Crippen molar-refractivity contribution >= 4 is 0 Å². The molecule has 0 radical (unpaired) electrons. The molecule has 0 aliphatic heterocycles. The molecule has 0 heterocycles. The van der Waals surface area contributed by atoms with Crippen molar-refractivity contribution in [3.63, 3.8) is 0 Å². The smallest absolute Gasteiger partial charge is 0.126 e. The first-order chi connectivity index (χ1) is 10.2. The van der Waals surface area contributed by atoms with Crippen LogP contribution >= 0.6 is 0 Å². The van der Waals surface area contributed by atoms with Crippen LogP contribution in [0.1, 0.15) is 69.8 Å². The van der Waals surface area contributed by atoms with Gasteiger partial charge in [-0.1, -0.05) is 43.9 Å². The third-order valence-electron chi connectivity index (χ3n) is 5.59. The fourth-order valence-corrected chi connectivity index (χ4v) is 4.13. The van der Waals surface area contributed by atoms with Gasteiger partial charge in [0.2, 0.25) is 0 Å². The third-order valence-corrected chi connectivity index (χ3v) is 5.59. The second-order valence-electron chi connectivity index (χ2n) is 7.09. The normalized spacial score (nSPS) is 28.7. The Morgan fingerprint density at radius 3 is 2.38 bits per heavy atom. The highest BCUT2D eigenvalue weighted by Gasteiger charge is 2.33. The number of hydrogen-bond donors (Lipinski definition) is 1. The first-order valence-corrected chi connectivity index (χ1v) is 8.74. The van der Waals surface area contributed by atoms with Crippen LogP contribution in [0.2, 0.25) is 0 Å². The van der Waals surface area contributed by atoms with Crippen LogP contribution in [0.3, 0.4) is 0 Å². The molecule has 0 aromatic heterocycles. The maximum Gasteiger partial charge on any atom is 0.126 e. The lowest BCUT2D eigenvalue weighted by Crippen LogP contribution is -2.47. The largest absolute Gasteiger partial charge is 0.311 e. The summed E-state index contributed by atoms with van der Waals surface area (Å²) in [6, 6.07) is 8.48. The Morgan fingerprint density at radius 1 is 1.05 bits per heavy atom. The monoisotopic (exact) mass is 289 g/mol. The second kappa shape index (κ2) is 6.91. The van der Waals surface area contributed by atoms with E-state index in [0.29, 0.717) is 18.0 Å². The maximum atomic E-state index is 13.8. The molecule has 1 atom stereocenters. The fraction of sp³-hybridized carbons (Fsp3) is 0.684. The fourth-order valence-electron chi connectivity index (χ4n) is 4.13. The minimum absolute atomic E-state index is 0.0298. The molecule has 1 aromatic carbocycles. The zero-order valence-electron chi connectivity index (χ0n) is 13.2. The van der Waals surface area contributed by atoms with Crippen molar-refractivity contribution in [1.82, 2.24) is 5.32 Å². The molecule has 3 rings (SSSR count). The molecule has 2 heteroatoms. The van der Waals surface area contributed by atoms with E-state index < -0.39 is 0 Å². The molecular formula is C19H28FN. The molecule has 116 valence electrons. The van der Waals surface area contributed by atoms with Crippen LogP contribution in [0.15, 0.2) is 24.3 Å². The molecule has 0 unspecified atom stereocenters. The lowest BCUT2D eigenvalue weighted by Gasteiger charge is -2.40. The lowest BCUT2D eigenvalue weighted by atomic mass is 9.75. The number of nitrogens with one attached hydrogen (secondary N) is 1. The summed E-state index contributed by atoms with van der Waals surface area (Å²) in [6.45, 7) is 2.35. The molecule has 0 saturated heterocycles. The molecule has 2 aliphatic rings. The second-order valence-corrected chi connectivity index (χ2v) is 7.09. The molecule has 1 N–H and O–H groups in total. The van der Waals surface area contributed by atoms with Crippen molar-refractivity contribution in [2.45, 2.75) is 76.3 Å². The van der Waals surface area contributed by atoms with E-state index in [-0.39, 0.29) is 5.82 Å². The van der Waals surface area contributed by atoms with Gasteiger partial charge < -0.3 is 5.32 Å². The van der Waals surface area contributed by atoms with Crippen molar-refractivity contribution in [3.8, 4) is 0 Å². The topological polar surface area (TPSA) is 12.0 Å². The average Bonchev–Trinajstić information content (AvgIpc) is 2.72. The van der Waals surface area contributed by atoms with Gasteiger partial charge in [-0.05, 0) is 56.1 Å². The van der Waals surface area contributed by atoms with Gasteiger partial charge in [-0.15, -0.1) is 0 Å².